The quantitative estimate of drug-likeness (QED) is 0.583. The maximum absolute atomic E-state index is 10.3. The second kappa shape index (κ2) is 7.89. The molecule has 2 rings (SSSR count). The number of aliphatic hydroxyl groups is 1. The van der Waals surface area contributed by atoms with E-state index in [1.165, 1.54) is 51.4 Å². The topological polar surface area (TPSA) is 20.2 Å². The van der Waals surface area contributed by atoms with Crippen LogP contribution in [0.5, 0.6) is 0 Å². The molecule has 0 radical (unpaired) electrons. The van der Waals surface area contributed by atoms with E-state index in [4.69, 9.17) is 0 Å². The molecule has 0 heterocycles. The lowest BCUT2D eigenvalue weighted by molar-refractivity contribution is -0.0442. The van der Waals surface area contributed by atoms with E-state index in [1.807, 2.05) is 6.92 Å². The predicted octanol–water partition coefficient (Wildman–Crippen LogP) is 6.30. The van der Waals surface area contributed by atoms with Crippen LogP contribution < -0.4 is 0 Å². The van der Waals surface area contributed by atoms with E-state index >= 15 is 0 Å². The highest BCUT2D eigenvalue weighted by atomic mass is 16.3. The summed E-state index contributed by atoms with van der Waals surface area (Å²) in [6, 6.07) is 0. The van der Waals surface area contributed by atoms with Gasteiger partial charge < -0.3 is 5.11 Å². The van der Waals surface area contributed by atoms with Gasteiger partial charge in [0.25, 0.3) is 0 Å². The molecule has 2 aliphatic rings. The third kappa shape index (κ3) is 3.80. The van der Waals surface area contributed by atoms with Crippen molar-refractivity contribution in [2.24, 2.45) is 40.9 Å². The molecule has 2 saturated carbocycles. The molecule has 136 valence electrons. The van der Waals surface area contributed by atoms with Crippen LogP contribution in [0.1, 0.15) is 92.9 Å². The summed E-state index contributed by atoms with van der Waals surface area (Å²) < 4.78 is 0. The van der Waals surface area contributed by atoms with Crippen LogP contribution in [-0.4, -0.2) is 11.2 Å². The lowest BCUT2D eigenvalue weighted by Crippen LogP contribution is -2.45. The molecule has 1 heteroatoms. The molecule has 0 aromatic rings. The van der Waals surface area contributed by atoms with Crippen LogP contribution in [0.3, 0.4) is 0 Å². The van der Waals surface area contributed by atoms with Crippen molar-refractivity contribution in [1.29, 1.82) is 0 Å². The lowest BCUT2D eigenvalue weighted by atomic mass is 9.54. The highest BCUT2D eigenvalue weighted by Crippen LogP contribution is 2.61. The zero-order valence-electron chi connectivity index (χ0n) is 16.6. The van der Waals surface area contributed by atoms with Gasteiger partial charge in [-0.25, -0.2) is 0 Å². The summed E-state index contributed by atoms with van der Waals surface area (Å²) in [5.74, 6) is 5.00. The minimum atomic E-state index is -0.123. The molecule has 7 unspecified atom stereocenters. The Morgan fingerprint density at radius 3 is 2.26 bits per heavy atom. The van der Waals surface area contributed by atoms with Crippen LogP contribution in [0.15, 0.2) is 0 Å². The van der Waals surface area contributed by atoms with E-state index in [1.54, 1.807) is 0 Å². The van der Waals surface area contributed by atoms with Gasteiger partial charge in [-0.3, -0.25) is 0 Å². The maximum Gasteiger partial charge on any atom is 0.0545 e. The number of hydrogen-bond acceptors (Lipinski definition) is 1. The predicted molar refractivity (Wildman–Crippen MR) is 100 cm³/mol. The third-order valence-electron chi connectivity index (χ3n) is 7.86. The summed E-state index contributed by atoms with van der Waals surface area (Å²) >= 11 is 0. The first kappa shape index (κ1) is 19.3. The molecule has 0 aromatic carbocycles. The zero-order valence-corrected chi connectivity index (χ0v) is 16.6. The van der Waals surface area contributed by atoms with Crippen LogP contribution in [0.25, 0.3) is 0 Å². The van der Waals surface area contributed by atoms with Gasteiger partial charge in [0.15, 0.2) is 0 Å². The van der Waals surface area contributed by atoms with Crippen molar-refractivity contribution in [3.8, 4) is 0 Å². The Kier molecular flexibility index (Phi) is 6.62. The minimum Gasteiger partial charge on any atom is -0.393 e. The fourth-order valence-corrected chi connectivity index (χ4v) is 6.59. The van der Waals surface area contributed by atoms with Gasteiger partial charge in [-0.2, -0.15) is 0 Å². The van der Waals surface area contributed by atoms with Gasteiger partial charge in [0.05, 0.1) is 6.10 Å². The van der Waals surface area contributed by atoms with Gasteiger partial charge in [-0.1, -0.05) is 53.9 Å². The van der Waals surface area contributed by atoms with Crippen LogP contribution in [-0.2, 0) is 0 Å². The molecule has 0 bridgehead atoms. The van der Waals surface area contributed by atoms with Crippen molar-refractivity contribution in [3.05, 3.63) is 0 Å². The molecule has 0 amide bonds. The molecular formula is C22H42O. The minimum absolute atomic E-state index is 0.123. The maximum atomic E-state index is 10.3. The average Bonchev–Trinajstić information content (AvgIpc) is 2.84. The normalized spacial score (nSPS) is 40.2. The molecule has 1 nitrogen and oxygen atoms in total. The second-order valence-electron chi connectivity index (χ2n) is 9.45. The molecule has 0 aromatic heterocycles. The van der Waals surface area contributed by atoms with Crippen LogP contribution in [0.2, 0.25) is 0 Å². The molecule has 0 saturated heterocycles. The summed E-state index contributed by atoms with van der Waals surface area (Å²) in [5.41, 5.74) is 0.404. The first-order valence-electron chi connectivity index (χ1n) is 10.5. The molecule has 1 N–H and O–H groups in total. The van der Waals surface area contributed by atoms with Crippen molar-refractivity contribution in [2.45, 2.75) is 99.0 Å². The summed E-state index contributed by atoms with van der Waals surface area (Å²) in [6.45, 7) is 14.1. The number of aliphatic hydroxyl groups excluding tert-OH is 1. The Bertz CT molecular complexity index is 361. The van der Waals surface area contributed by atoms with E-state index in [0.717, 1.165) is 29.6 Å². The lowest BCUT2D eigenvalue weighted by Gasteiger charge is -2.51. The van der Waals surface area contributed by atoms with Crippen molar-refractivity contribution in [3.63, 3.8) is 0 Å². The molecule has 0 spiro atoms. The highest BCUT2D eigenvalue weighted by Gasteiger charge is 2.54. The summed E-state index contributed by atoms with van der Waals surface area (Å²) in [7, 11) is 0. The number of fused-ring (bicyclic) bond motifs is 1. The van der Waals surface area contributed by atoms with Crippen molar-refractivity contribution >= 4 is 0 Å². The van der Waals surface area contributed by atoms with Gasteiger partial charge in [0.1, 0.15) is 0 Å². The Morgan fingerprint density at radius 1 is 1.04 bits per heavy atom. The van der Waals surface area contributed by atoms with E-state index in [2.05, 4.69) is 34.6 Å². The first-order valence-corrected chi connectivity index (χ1v) is 10.5. The van der Waals surface area contributed by atoms with Crippen LogP contribution in [0, 0.1) is 40.9 Å². The fourth-order valence-electron chi connectivity index (χ4n) is 6.59. The van der Waals surface area contributed by atoms with Gasteiger partial charge in [-0.05, 0) is 80.0 Å². The van der Waals surface area contributed by atoms with E-state index in [9.17, 15) is 5.11 Å². The van der Waals surface area contributed by atoms with Gasteiger partial charge in [0, 0.05) is 0 Å². The molecule has 0 aliphatic heterocycles. The smallest absolute Gasteiger partial charge is 0.0545 e. The summed E-state index contributed by atoms with van der Waals surface area (Å²) in [6.07, 6.45) is 10.8. The van der Waals surface area contributed by atoms with Crippen molar-refractivity contribution in [2.75, 3.05) is 0 Å². The Labute approximate surface area is 145 Å². The first-order chi connectivity index (χ1) is 10.8. The van der Waals surface area contributed by atoms with Crippen molar-refractivity contribution < 1.29 is 5.11 Å². The van der Waals surface area contributed by atoms with Crippen LogP contribution in [0.4, 0.5) is 0 Å². The van der Waals surface area contributed by atoms with E-state index < -0.39 is 0 Å². The van der Waals surface area contributed by atoms with Gasteiger partial charge in [-0.15, -0.1) is 0 Å². The Hall–Kier alpha value is -0.0400. The van der Waals surface area contributed by atoms with E-state index in [-0.39, 0.29) is 6.10 Å². The molecule has 2 fully saturated rings. The fraction of sp³-hybridized carbons (Fsp3) is 1.00. The Morgan fingerprint density at radius 2 is 1.74 bits per heavy atom. The zero-order chi connectivity index (χ0) is 17.2. The largest absolute Gasteiger partial charge is 0.393 e. The number of hydrogen-bond donors (Lipinski definition) is 1. The Balaban J connectivity index is 2.14. The second-order valence-corrected chi connectivity index (χ2v) is 9.45. The molecular weight excluding hydrogens is 280 g/mol. The molecule has 2 aliphatic carbocycles. The third-order valence-corrected chi connectivity index (χ3v) is 7.86. The van der Waals surface area contributed by atoms with Gasteiger partial charge >= 0.3 is 0 Å². The van der Waals surface area contributed by atoms with Gasteiger partial charge in [0.2, 0.25) is 0 Å². The standard InChI is InChI=1S/C22H42O/c1-7-17(10-9-15(3)4)19-13-14-22(6)20(16(5)23)11-12-21(22)18(19)8-2/h15-21,23H,7-14H2,1-6H3. The van der Waals surface area contributed by atoms with E-state index in [0.29, 0.717) is 11.3 Å². The summed E-state index contributed by atoms with van der Waals surface area (Å²) in [4.78, 5) is 0. The SMILES string of the molecule is CCC(CCC(C)C)C1CCC2(C)C(C(C)O)CCC2C1CC. The number of rotatable bonds is 7. The van der Waals surface area contributed by atoms with Crippen molar-refractivity contribution in [1.82, 2.24) is 0 Å². The van der Waals surface area contributed by atoms with Crippen LogP contribution >= 0.6 is 0 Å². The molecule has 7 atom stereocenters. The monoisotopic (exact) mass is 322 g/mol. The molecule has 23 heavy (non-hydrogen) atoms. The summed E-state index contributed by atoms with van der Waals surface area (Å²) in [5, 5.41) is 10.3. The average molecular weight is 323 g/mol. The highest BCUT2D eigenvalue weighted by molar-refractivity contribution is 5.04.